The van der Waals surface area contributed by atoms with Crippen LogP contribution in [0.25, 0.3) is 0 Å². The predicted molar refractivity (Wildman–Crippen MR) is 54.5 cm³/mol. The minimum atomic E-state index is 1.01. The average molecular weight is 362 g/mol. The van der Waals surface area contributed by atoms with Gasteiger partial charge in [-0.25, -0.2) is 0 Å². The van der Waals surface area contributed by atoms with Gasteiger partial charge in [-0.3, -0.25) is 0 Å². The van der Waals surface area contributed by atoms with Crippen LogP contribution in [0.2, 0.25) is 4.31 Å². The van der Waals surface area contributed by atoms with E-state index in [0.29, 0.717) is 0 Å². The van der Waals surface area contributed by atoms with Gasteiger partial charge in [-0.15, -0.1) is 0 Å². The van der Waals surface area contributed by atoms with E-state index in [1.807, 2.05) is 0 Å². The Morgan fingerprint density at radius 3 is 1.08 bits per heavy atom. The van der Waals surface area contributed by atoms with Crippen LogP contribution in [0.1, 0.15) is 70.6 Å². The first-order valence-electron chi connectivity index (χ1n) is 6.00. The molecule has 2 fully saturated rings. The van der Waals surface area contributed by atoms with Crippen LogP contribution in [-0.2, 0) is 19.8 Å². The molecule has 0 unspecified atom stereocenters. The molecule has 0 saturated heterocycles. The van der Waals surface area contributed by atoms with Crippen molar-refractivity contribution in [3.8, 4) is 0 Å². The molecule has 2 rings (SSSR count). The fourth-order valence-corrected chi connectivity index (χ4v) is 3.02. The van der Waals surface area contributed by atoms with Gasteiger partial charge in [-0.1, -0.05) is 38.5 Å². The fourth-order valence-electron chi connectivity index (χ4n) is 2.09. The summed E-state index contributed by atoms with van der Waals surface area (Å²) >= 11 is 2.54. The average Bonchev–Trinajstić information content (AvgIpc) is 2.22. The summed E-state index contributed by atoms with van der Waals surface area (Å²) < 4.78 is 1.01. The Hall–Kier alpha value is 0.688. The van der Waals surface area contributed by atoms with Crippen molar-refractivity contribution in [3.63, 3.8) is 0 Å². The number of hydrogen-bond donors (Lipinski definition) is 0. The van der Waals surface area contributed by atoms with Gasteiger partial charge in [-0.2, -0.15) is 0 Å². The molecule has 0 bridgehead atoms. The zero-order chi connectivity index (χ0) is 9.36. The first-order valence-corrected chi connectivity index (χ1v) is 7.31. The van der Waals surface area contributed by atoms with Gasteiger partial charge in [0.05, 0.1) is 0 Å². The van der Waals surface area contributed by atoms with E-state index in [0.717, 1.165) is 4.31 Å². The van der Waals surface area contributed by atoms with Crippen molar-refractivity contribution in [2.45, 2.75) is 74.9 Å². The zero-order valence-electron chi connectivity index (χ0n) is 8.67. The molecule has 0 amide bonds. The summed E-state index contributed by atoms with van der Waals surface area (Å²) in [6.45, 7) is 0. The SMILES string of the molecule is C1CCCCC1.[Pt][CH]1CCCCC1. The van der Waals surface area contributed by atoms with E-state index < -0.39 is 0 Å². The van der Waals surface area contributed by atoms with Gasteiger partial charge >= 0.3 is 56.2 Å². The van der Waals surface area contributed by atoms with Crippen molar-refractivity contribution >= 4 is 0 Å². The third kappa shape index (κ3) is 6.72. The van der Waals surface area contributed by atoms with Gasteiger partial charge in [0.25, 0.3) is 0 Å². The summed E-state index contributed by atoms with van der Waals surface area (Å²) in [4.78, 5) is 0. The van der Waals surface area contributed by atoms with E-state index in [4.69, 9.17) is 0 Å². The van der Waals surface area contributed by atoms with E-state index in [-0.39, 0.29) is 0 Å². The van der Waals surface area contributed by atoms with Crippen LogP contribution >= 0.6 is 0 Å². The molecular weight excluding hydrogens is 339 g/mol. The molecule has 0 N–H and O–H groups in total. The van der Waals surface area contributed by atoms with Gasteiger partial charge in [0.1, 0.15) is 0 Å². The normalized spacial score (nSPS) is 24.8. The molecule has 0 radical (unpaired) electrons. The Labute approximate surface area is 94.8 Å². The first-order chi connectivity index (χ1) is 6.39. The molecule has 0 heterocycles. The van der Waals surface area contributed by atoms with Crippen molar-refractivity contribution in [3.05, 3.63) is 0 Å². The summed E-state index contributed by atoms with van der Waals surface area (Å²) in [5, 5.41) is 0. The van der Waals surface area contributed by atoms with E-state index in [2.05, 4.69) is 19.8 Å². The summed E-state index contributed by atoms with van der Waals surface area (Å²) in [5.41, 5.74) is 0. The van der Waals surface area contributed by atoms with Crippen molar-refractivity contribution in [2.24, 2.45) is 0 Å². The second-order valence-corrected chi connectivity index (χ2v) is 6.16. The summed E-state index contributed by atoms with van der Waals surface area (Å²) in [6.07, 6.45) is 16.4. The Morgan fingerprint density at radius 1 is 0.538 bits per heavy atom. The topological polar surface area (TPSA) is 0 Å². The van der Waals surface area contributed by atoms with Crippen molar-refractivity contribution in [2.75, 3.05) is 0 Å². The van der Waals surface area contributed by atoms with Gasteiger partial charge < -0.3 is 0 Å². The van der Waals surface area contributed by atoms with E-state index >= 15 is 0 Å². The molecular formula is C12H23Pt. The standard InChI is InChI=1S/C6H12.C6H11.Pt/c2*1-2-4-6-5-3-1;/h1-6H2;1H,2-6H2;. The Morgan fingerprint density at radius 2 is 0.846 bits per heavy atom. The Balaban J connectivity index is 0.000000132. The second kappa shape index (κ2) is 8.03. The molecule has 0 aromatic rings. The van der Waals surface area contributed by atoms with Gasteiger partial charge in [-0.05, 0) is 0 Å². The molecule has 2 aliphatic rings. The molecule has 0 nitrogen and oxygen atoms in total. The van der Waals surface area contributed by atoms with E-state index in [1.165, 1.54) is 70.6 Å². The molecule has 0 atom stereocenters. The molecule has 0 spiro atoms. The maximum atomic E-state index is 2.54. The fraction of sp³-hybridized carbons (Fsp3) is 1.00. The Kier molecular flexibility index (Phi) is 7.27. The minimum absolute atomic E-state index is 1.01. The number of rotatable bonds is 0. The zero-order valence-corrected chi connectivity index (χ0v) is 10.9. The quantitative estimate of drug-likeness (QED) is 0.590. The molecule has 0 aliphatic heterocycles. The van der Waals surface area contributed by atoms with E-state index in [1.54, 1.807) is 0 Å². The monoisotopic (exact) mass is 362 g/mol. The van der Waals surface area contributed by atoms with Crippen molar-refractivity contribution in [1.82, 2.24) is 0 Å². The first kappa shape index (κ1) is 11.8. The van der Waals surface area contributed by atoms with Crippen molar-refractivity contribution < 1.29 is 19.8 Å². The van der Waals surface area contributed by atoms with Crippen molar-refractivity contribution in [1.29, 1.82) is 0 Å². The van der Waals surface area contributed by atoms with Crippen LogP contribution in [0, 0.1) is 0 Å². The van der Waals surface area contributed by atoms with Gasteiger partial charge in [0, 0.05) is 0 Å². The summed E-state index contributed by atoms with van der Waals surface area (Å²) in [5.74, 6) is 0. The van der Waals surface area contributed by atoms with Crippen LogP contribution in [0.3, 0.4) is 0 Å². The molecule has 81 valence electrons. The van der Waals surface area contributed by atoms with Crippen LogP contribution < -0.4 is 0 Å². The maximum absolute atomic E-state index is 2.54. The molecule has 0 aromatic heterocycles. The summed E-state index contributed by atoms with van der Waals surface area (Å²) in [6, 6.07) is 0. The second-order valence-electron chi connectivity index (χ2n) is 4.31. The number of hydrogen-bond acceptors (Lipinski definition) is 0. The molecule has 0 aromatic carbocycles. The molecule has 13 heavy (non-hydrogen) atoms. The van der Waals surface area contributed by atoms with Crippen LogP contribution in [-0.4, -0.2) is 0 Å². The van der Waals surface area contributed by atoms with E-state index in [9.17, 15) is 0 Å². The third-order valence-corrected chi connectivity index (χ3v) is 4.31. The summed E-state index contributed by atoms with van der Waals surface area (Å²) in [7, 11) is 0. The predicted octanol–water partition coefficient (Wildman–Crippen LogP) is 4.63. The van der Waals surface area contributed by atoms with Crippen LogP contribution in [0.5, 0.6) is 0 Å². The third-order valence-electron chi connectivity index (χ3n) is 3.00. The molecule has 2 saturated carbocycles. The Bertz CT molecular complexity index is 90.2. The van der Waals surface area contributed by atoms with Crippen LogP contribution in [0.4, 0.5) is 0 Å². The van der Waals surface area contributed by atoms with Gasteiger partial charge in [0.2, 0.25) is 0 Å². The molecule has 2 aliphatic carbocycles. The van der Waals surface area contributed by atoms with Gasteiger partial charge in [0.15, 0.2) is 0 Å². The molecule has 1 heteroatoms. The van der Waals surface area contributed by atoms with Crippen LogP contribution in [0.15, 0.2) is 0 Å².